The average Bonchev–Trinajstić information content (AvgIpc) is 2.86. The van der Waals surface area contributed by atoms with Crippen molar-refractivity contribution in [1.82, 2.24) is 9.88 Å². The normalized spacial score (nSPS) is 12.1. The number of rotatable bonds is 5. The molecule has 0 fully saturated rings. The molecule has 7 heteroatoms. The molecule has 6 nitrogen and oxygen atoms in total. The predicted octanol–water partition coefficient (Wildman–Crippen LogP) is 1.94. The van der Waals surface area contributed by atoms with Crippen molar-refractivity contribution in [3.8, 4) is 0 Å². The number of fused-ring (bicyclic) bond motifs is 1. The monoisotopic (exact) mass is 308 g/mol. The van der Waals surface area contributed by atoms with Gasteiger partial charge in [-0.05, 0) is 19.1 Å². The molecular weight excluding hydrogens is 292 g/mol. The maximum absolute atomic E-state index is 11.7. The van der Waals surface area contributed by atoms with Crippen LogP contribution in [0.3, 0.4) is 0 Å². The molecule has 0 N–H and O–H groups in total. The number of para-hydroxylation sites is 2. The van der Waals surface area contributed by atoms with E-state index in [4.69, 9.17) is 9.15 Å². The van der Waals surface area contributed by atoms with E-state index in [2.05, 4.69) is 4.98 Å². The lowest BCUT2D eigenvalue weighted by Gasteiger charge is -2.16. The predicted molar refractivity (Wildman–Crippen MR) is 79.0 cm³/mol. The van der Waals surface area contributed by atoms with Crippen LogP contribution < -0.4 is 0 Å². The minimum atomic E-state index is -0.795. The number of hydrogen-bond acceptors (Lipinski definition) is 6. The van der Waals surface area contributed by atoms with Crippen LogP contribution in [0.15, 0.2) is 33.9 Å². The standard InChI is InChI=1S/C14H16N2O4S/c1-9(13(18)16(2)3)19-12(17)8-21-14-15-10-6-4-5-7-11(10)20-14/h4-7,9H,8H2,1-3H3/t9-/m1/s1. The number of esters is 1. The molecule has 0 aliphatic heterocycles. The summed E-state index contributed by atoms with van der Waals surface area (Å²) >= 11 is 1.14. The number of hydrogen-bond donors (Lipinski definition) is 0. The van der Waals surface area contributed by atoms with Crippen LogP contribution >= 0.6 is 11.8 Å². The molecule has 0 saturated carbocycles. The molecular formula is C14H16N2O4S. The molecule has 0 saturated heterocycles. The van der Waals surface area contributed by atoms with Gasteiger partial charge in [0.15, 0.2) is 11.7 Å². The Kier molecular flexibility index (Phi) is 4.85. The lowest BCUT2D eigenvalue weighted by atomic mass is 10.3. The number of benzene rings is 1. The van der Waals surface area contributed by atoms with Gasteiger partial charge in [0.2, 0.25) is 0 Å². The first kappa shape index (κ1) is 15.4. The molecule has 1 atom stereocenters. The van der Waals surface area contributed by atoms with Gasteiger partial charge in [0, 0.05) is 14.1 Å². The Balaban J connectivity index is 1.87. The highest BCUT2D eigenvalue weighted by Crippen LogP contribution is 2.23. The van der Waals surface area contributed by atoms with Crippen molar-refractivity contribution in [2.45, 2.75) is 18.3 Å². The molecule has 21 heavy (non-hydrogen) atoms. The number of thioether (sulfide) groups is 1. The van der Waals surface area contributed by atoms with E-state index in [1.807, 2.05) is 24.3 Å². The van der Waals surface area contributed by atoms with Crippen LogP contribution in [-0.2, 0) is 14.3 Å². The summed E-state index contributed by atoms with van der Waals surface area (Å²) in [6.45, 7) is 1.55. The van der Waals surface area contributed by atoms with Crippen molar-refractivity contribution in [2.75, 3.05) is 19.8 Å². The molecule has 1 amide bonds. The van der Waals surface area contributed by atoms with Gasteiger partial charge in [-0.3, -0.25) is 9.59 Å². The van der Waals surface area contributed by atoms with Gasteiger partial charge in [-0.1, -0.05) is 23.9 Å². The average molecular weight is 308 g/mol. The fourth-order valence-electron chi connectivity index (χ4n) is 1.68. The lowest BCUT2D eigenvalue weighted by Crippen LogP contribution is -2.35. The highest BCUT2D eigenvalue weighted by Gasteiger charge is 2.19. The molecule has 2 aromatic rings. The Hall–Kier alpha value is -2.02. The van der Waals surface area contributed by atoms with Crippen molar-refractivity contribution >= 4 is 34.7 Å². The molecule has 0 bridgehead atoms. The second-order valence-electron chi connectivity index (χ2n) is 4.60. The lowest BCUT2D eigenvalue weighted by molar-refractivity contribution is -0.155. The van der Waals surface area contributed by atoms with Crippen LogP contribution in [0.4, 0.5) is 0 Å². The van der Waals surface area contributed by atoms with Crippen LogP contribution in [0.5, 0.6) is 0 Å². The van der Waals surface area contributed by atoms with E-state index in [1.54, 1.807) is 21.0 Å². The number of ether oxygens (including phenoxy) is 1. The third-order valence-electron chi connectivity index (χ3n) is 2.68. The van der Waals surface area contributed by atoms with Gasteiger partial charge < -0.3 is 14.1 Å². The highest BCUT2D eigenvalue weighted by atomic mass is 32.2. The summed E-state index contributed by atoms with van der Waals surface area (Å²) in [5.74, 6) is -0.696. The largest absolute Gasteiger partial charge is 0.452 e. The zero-order chi connectivity index (χ0) is 15.4. The minimum Gasteiger partial charge on any atom is -0.452 e. The summed E-state index contributed by atoms with van der Waals surface area (Å²) < 4.78 is 10.5. The summed E-state index contributed by atoms with van der Waals surface area (Å²) in [6, 6.07) is 7.36. The van der Waals surface area contributed by atoms with E-state index in [0.29, 0.717) is 10.8 Å². The Bertz CT molecular complexity index is 620. The molecule has 2 rings (SSSR count). The number of oxazole rings is 1. The first-order chi connectivity index (χ1) is 9.97. The zero-order valence-corrected chi connectivity index (χ0v) is 12.8. The van der Waals surface area contributed by atoms with E-state index in [9.17, 15) is 9.59 Å². The van der Waals surface area contributed by atoms with Crippen molar-refractivity contribution in [2.24, 2.45) is 0 Å². The fraction of sp³-hybridized carbons (Fsp3) is 0.357. The maximum Gasteiger partial charge on any atom is 0.317 e. The zero-order valence-electron chi connectivity index (χ0n) is 12.0. The van der Waals surface area contributed by atoms with E-state index in [1.165, 1.54) is 4.90 Å². The van der Waals surface area contributed by atoms with Crippen LogP contribution in [0.1, 0.15) is 6.92 Å². The van der Waals surface area contributed by atoms with Gasteiger partial charge in [0.1, 0.15) is 11.3 Å². The highest BCUT2D eigenvalue weighted by molar-refractivity contribution is 7.99. The number of aromatic nitrogens is 1. The van der Waals surface area contributed by atoms with Gasteiger partial charge in [-0.15, -0.1) is 0 Å². The quantitative estimate of drug-likeness (QED) is 0.621. The first-order valence-corrected chi connectivity index (χ1v) is 7.35. The van der Waals surface area contributed by atoms with Crippen LogP contribution in [0.25, 0.3) is 11.1 Å². The number of carbonyl (C=O) groups is 2. The smallest absolute Gasteiger partial charge is 0.317 e. The molecule has 0 radical (unpaired) electrons. The molecule has 0 unspecified atom stereocenters. The Labute approximate surface area is 126 Å². The maximum atomic E-state index is 11.7. The molecule has 112 valence electrons. The molecule has 0 aliphatic carbocycles. The molecule has 1 aromatic carbocycles. The Morgan fingerprint density at radius 2 is 2.10 bits per heavy atom. The first-order valence-electron chi connectivity index (χ1n) is 6.36. The molecule has 1 aromatic heterocycles. The van der Waals surface area contributed by atoms with Crippen LogP contribution in [0.2, 0.25) is 0 Å². The van der Waals surface area contributed by atoms with Gasteiger partial charge in [-0.25, -0.2) is 4.98 Å². The van der Waals surface area contributed by atoms with Crippen molar-refractivity contribution in [3.05, 3.63) is 24.3 Å². The van der Waals surface area contributed by atoms with E-state index < -0.39 is 12.1 Å². The second kappa shape index (κ2) is 6.62. The molecule has 0 aliphatic rings. The van der Waals surface area contributed by atoms with Crippen LogP contribution in [0, 0.1) is 0 Å². The summed E-state index contributed by atoms with van der Waals surface area (Å²) in [5, 5.41) is 0.403. The topological polar surface area (TPSA) is 72.6 Å². The third-order valence-corrected chi connectivity index (χ3v) is 3.49. The molecule has 1 heterocycles. The summed E-state index contributed by atoms with van der Waals surface area (Å²) in [4.78, 5) is 28.9. The number of nitrogens with zero attached hydrogens (tertiary/aromatic N) is 2. The third kappa shape index (κ3) is 3.98. The van der Waals surface area contributed by atoms with E-state index in [-0.39, 0.29) is 11.7 Å². The van der Waals surface area contributed by atoms with Gasteiger partial charge >= 0.3 is 5.97 Å². The van der Waals surface area contributed by atoms with Gasteiger partial charge in [-0.2, -0.15) is 0 Å². The van der Waals surface area contributed by atoms with Crippen LogP contribution in [-0.4, -0.2) is 47.7 Å². The number of amides is 1. The molecule has 0 spiro atoms. The Morgan fingerprint density at radius 3 is 2.76 bits per heavy atom. The number of carbonyl (C=O) groups excluding carboxylic acids is 2. The van der Waals surface area contributed by atoms with E-state index in [0.717, 1.165) is 17.3 Å². The SMILES string of the molecule is C[C@@H](OC(=O)CSc1nc2ccccc2o1)C(=O)N(C)C. The summed E-state index contributed by atoms with van der Waals surface area (Å²) in [6.07, 6.45) is -0.795. The second-order valence-corrected chi connectivity index (χ2v) is 5.53. The van der Waals surface area contributed by atoms with Gasteiger partial charge in [0.05, 0.1) is 0 Å². The number of likely N-dealkylation sites (N-methyl/N-ethyl adjacent to an activating group) is 1. The minimum absolute atomic E-state index is 0.0396. The fourth-order valence-corrected chi connectivity index (χ4v) is 2.30. The summed E-state index contributed by atoms with van der Waals surface area (Å²) in [5.41, 5.74) is 1.41. The van der Waals surface area contributed by atoms with Crippen molar-refractivity contribution < 1.29 is 18.7 Å². The van der Waals surface area contributed by atoms with Crippen molar-refractivity contribution in [1.29, 1.82) is 0 Å². The van der Waals surface area contributed by atoms with Gasteiger partial charge in [0.25, 0.3) is 11.1 Å². The Morgan fingerprint density at radius 1 is 1.38 bits per heavy atom. The van der Waals surface area contributed by atoms with E-state index >= 15 is 0 Å². The van der Waals surface area contributed by atoms with Crippen molar-refractivity contribution in [3.63, 3.8) is 0 Å². The summed E-state index contributed by atoms with van der Waals surface area (Å²) in [7, 11) is 3.22.